The van der Waals surface area contributed by atoms with E-state index in [2.05, 4.69) is 29.2 Å². The van der Waals surface area contributed by atoms with Crippen molar-refractivity contribution in [3.63, 3.8) is 0 Å². The van der Waals surface area contributed by atoms with Crippen LogP contribution in [0.15, 0.2) is 91.0 Å². The number of anilines is 3. The molecule has 27 heavy (non-hydrogen) atoms. The molecule has 3 nitrogen and oxygen atoms in total. The van der Waals surface area contributed by atoms with Crippen molar-refractivity contribution < 1.29 is 9.90 Å². The Labute approximate surface area is 160 Å². The molecular formula is C24H23NO2. The minimum absolute atomic E-state index is 0.318. The lowest BCUT2D eigenvalue weighted by molar-refractivity contribution is -0.128. The summed E-state index contributed by atoms with van der Waals surface area (Å²) < 4.78 is 0. The summed E-state index contributed by atoms with van der Waals surface area (Å²) >= 11 is 0. The molecule has 0 saturated carbocycles. The molecule has 0 aliphatic heterocycles. The summed E-state index contributed by atoms with van der Waals surface area (Å²) in [5.41, 5.74) is 2.72. The normalized spacial score (nSPS) is 11.5. The van der Waals surface area contributed by atoms with Gasteiger partial charge in [0.1, 0.15) is 5.60 Å². The first-order chi connectivity index (χ1) is 12.9. The first-order valence-electron chi connectivity index (χ1n) is 8.90. The predicted octanol–water partition coefficient (Wildman–Crippen LogP) is 5.51. The predicted molar refractivity (Wildman–Crippen MR) is 111 cm³/mol. The van der Waals surface area contributed by atoms with Gasteiger partial charge in [0.25, 0.3) is 0 Å². The van der Waals surface area contributed by atoms with Gasteiger partial charge in [-0.2, -0.15) is 0 Å². The third kappa shape index (κ3) is 4.72. The molecule has 3 aromatic rings. The maximum absolute atomic E-state index is 11.8. The Kier molecular flexibility index (Phi) is 5.53. The van der Waals surface area contributed by atoms with E-state index in [1.807, 2.05) is 60.7 Å². The van der Waals surface area contributed by atoms with Crippen LogP contribution in [0.5, 0.6) is 0 Å². The Morgan fingerprint density at radius 3 is 1.67 bits per heavy atom. The zero-order valence-corrected chi connectivity index (χ0v) is 15.5. The molecule has 0 aromatic heterocycles. The lowest BCUT2D eigenvalue weighted by atomic mass is 10.0. The summed E-state index contributed by atoms with van der Waals surface area (Å²) in [6.07, 6.45) is 3.14. The molecule has 0 saturated heterocycles. The number of hydrogen-bond donors (Lipinski definition) is 1. The van der Waals surface area contributed by atoms with Crippen LogP contribution < -0.4 is 4.90 Å². The van der Waals surface area contributed by atoms with Crippen molar-refractivity contribution in [2.75, 3.05) is 4.90 Å². The SMILES string of the molecule is CC(C)(O)C(=O)C=Cc1ccc(N(c2ccccc2)c2ccccc2)cc1. The fourth-order valence-electron chi connectivity index (χ4n) is 2.71. The van der Waals surface area contributed by atoms with Crippen molar-refractivity contribution in [2.45, 2.75) is 19.4 Å². The standard InChI is InChI=1S/C24H23NO2/c1-24(2,27)23(26)18-15-19-13-16-22(17-14-19)25(20-9-5-3-6-10-20)21-11-7-4-8-12-21/h3-18,27H,1-2H3. The molecule has 3 aromatic carbocycles. The van der Waals surface area contributed by atoms with Gasteiger partial charge in [-0.1, -0.05) is 54.6 Å². The molecule has 0 unspecified atom stereocenters. The van der Waals surface area contributed by atoms with Gasteiger partial charge in [-0.25, -0.2) is 0 Å². The van der Waals surface area contributed by atoms with Crippen LogP contribution in [0.25, 0.3) is 6.08 Å². The molecule has 0 spiro atoms. The molecule has 0 heterocycles. The number of carbonyl (C=O) groups excluding carboxylic acids is 1. The fourth-order valence-corrected chi connectivity index (χ4v) is 2.71. The highest BCUT2D eigenvalue weighted by Crippen LogP contribution is 2.34. The molecule has 0 fully saturated rings. The summed E-state index contributed by atoms with van der Waals surface area (Å²) in [7, 11) is 0. The maximum atomic E-state index is 11.8. The molecule has 0 amide bonds. The Bertz CT molecular complexity index is 869. The molecule has 136 valence electrons. The lowest BCUT2D eigenvalue weighted by Gasteiger charge is -2.25. The average molecular weight is 357 g/mol. The Hall–Kier alpha value is -3.17. The lowest BCUT2D eigenvalue weighted by Crippen LogP contribution is -2.29. The van der Waals surface area contributed by atoms with Gasteiger partial charge in [0, 0.05) is 17.1 Å². The fraction of sp³-hybridized carbons (Fsp3) is 0.125. The summed E-state index contributed by atoms with van der Waals surface area (Å²) in [4.78, 5) is 14.0. The van der Waals surface area contributed by atoms with Crippen LogP contribution in [0, 0.1) is 0 Å². The second-order valence-electron chi connectivity index (χ2n) is 6.85. The van der Waals surface area contributed by atoms with E-state index in [1.54, 1.807) is 6.08 Å². The number of ketones is 1. The minimum Gasteiger partial charge on any atom is -0.382 e. The van der Waals surface area contributed by atoms with E-state index in [4.69, 9.17) is 0 Å². The molecule has 0 aliphatic carbocycles. The number of rotatable bonds is 6. The molecule has 0 radical (unpaired) electrons. The van der Waals surface area contributed by atoms with E-state index in [0.717, 1.165) is 22.6 Å². The van der Waals surface area contributed by atoms with E-state index < -0.39 is 5.60 Å². The number of benzene rings is 3. The van der Waals surface area contributed by atoms with E-state index >= 15 is 0 Å². The number of aliphatic hydroxyl groups is 1. The molecule has 0 aliphatic rings. The summed E-state index contributed by atoms with van der Waals surface area (Å²) in [6, 6.07) is 28.3. The van der Waals surface area contributed by atoms with Gasteiger partial charge in [-0.15, -0.1) is 0 Å². The van der Waals surface area contributed by atoms with Gasteiger partial charge in [0.2, 0.25) is 0 Å². The van der Waals surface area contributed by atoms with Gasteiger partial charge < -0.3 is 10.0 Å². The number of carbonyl (C=O) groups is 1. The third-order valence-corrected chi connectivity index (χ3v) is 4.21. The Morgan fingerprint density at radius 2 is 1.22 bits per heavy atom. The summed E-state index contributed by atoms with van der Waals surface area (Å²) in [5, 5.41) is 9.73. The van der Waals surface area contributed by atoms with Gasteiger partial charge in [0.05, 0.1) is 0 Å². The van der Waals surface area contributed by atoms with E-state index in [0.29, 0.717) is 0 Å². The highest BCUT2D eigenvalue weighted by Gasteiger charge is 2.20. The molecule has 3 rings (SSSR count). The number of nitrogens with zero attached hydrogens (tertiary/aromatic N) is 1. The molecule has 1 N–H and O–H groups in total. The van der Waals surface area contributed by atoms with Crippen LogP contribution in [0.4, 0.5) is 17.1 Å². The summed E-state index contributed by atoms with van der Waals surface area (Å²) in [5.74, 6) is -0.318. The van der Waals surface area contributed by atoms with E-state index in [9.17, 15) is 9.90 Å². The van der Waals surface area contributed by atoms with Crippen LogP contribution in [0.3, 0.4) is 0 Å². The monoisotopic (exact) mass is 357 g/mol. The van der Waals surface area contributed by atoms with Crippen molar-refractivity contribution >= 4 is 28.9 Å². The van der Waals surface area contributed by atoms with Crippen LogP contribution in [0.1, 0.15) is 19.4 Å². The Morgan fingerprint density at radius 1 is 0.778 bits per heavy atom. The maximum Gasteiger partial charge on any atom is 0.186 e. The van der Waals surface area contributed by atoms with Gasteiger partial charge in [-0.3, -0.25) is 4.79 Å². The second-order valence-corrected chi connectivity index (χ2v) is 6.85. The molecular weight excluding hydrogens is 334 g/mol. The molecule has 3 heteroatoms. The number of para-hydroxylation sites is 2. The third-order valence-electron chi connectivity index (χ3n) is 4.21. The van der Waals surface area contributed by atoms with E-state index in [1.165, 1.54) is 19.9 Å². The largest absolute Gasteiger partial charge is 0.382 e. The van der Waals surface area contributed by atoms with Crippen molar-refractivity contribution in [2.24, 2.45) is 0 Å². The zero-order chi connectivity index (χ0) is 19.3. The average Bonchev–Trinajstić information content (AvgIpc) is 2.68. The molecule has 0 bridgehead atoms. The van der Waals surface area contributed by atoms with Crippen LogP contribution in [-0.4, -0.2) is 16.5 Å². The van der Waals surface area contributed by atoms with Crippen LogP contribution in [-0.2, 0) is 4.79 Å². The van der Waals surface area contributed by atoms with Gasteiger partial charge in [0.15, 0.2) is 5.78 Å². The highest BCUT2D eigenvalue weighted by molar-refractivity contribution is 5.99. The van der Waals surface area contributed by atoms with Crippen molar-refractivity contribution in [3.8, 4) is 0 Å². The van der Waals surface area contributed by atoms with Crippen LogP contribution in [0.2, 0.25) is 0 Å². The smallest absolute Gasteiger partial charge is 0.186 e. The van der Waals surface area contributed by atoms with Crippen molar-refractivity contribution in [3.05, 3.63) is 96.6 Å². The molecule has 0 atom stereocenters. The Balaban J connectivity index is 1.91. The quantitative estimate of drug-likeness (QED) is 0.591. The van der Waals surface area contributed by atoms with Crippen molar-refractivity contribution in [1.82, 2.24) is 0 Å². The topological polar surface area (TPSA) is 40.5 Å². The highest BCUT2D eigenvalue weighted by atomic mass is 16.3. The van der Waals surface area contributed by atoms with Gasteiger partial charge in [-0.05, 0) is 61.9 Å². The first-order valence-corrected chi connectivity index (χ1v) is 8.90. The zero-order valence-electron chi connectivity index (χ0n) is 15.5. The first kappa shape index (κ1) is 18.6. The van der Waals surface area contributed by atoms with Crippen molar-refractivity contribution in [1.29, 1.82) is 0 Å². The second kappa shape index (κ2) is 8.02. The summed E-state index contributed by atoms with van der Waals surface area (Å²) in [6.45, 7) is 2.97. The number of hydrogen-bond acceptors (Lipinski definition) is 3. The van der Waals surface area contributed by atoms with Gasteiger partial charge >= 0.3 is 0 Å². The van der Waals surface area contributed by atoms with E-state index in [-0.39, 0.29) is 5.78 Å². The van der Waals surface area contributed by atoms with Crippen LogP contribution >= 0.6 is 0 Å². The minimum atomic E-state index is -1.35.